The molecule has 0 atom stereocenters. The Morgan fingerprint density at radius 2 is 0.520 bits per heavy atom. The zero-order valence-electron chi connectivity index (χ0n) is 47.5. The van der Waals surface area contributed by atoms with Crippen molar-refractivity contribution in [1.29, 1.82) is 0 Å². The van der Waals surface area contributed by atoms with Crippen LogP contribution in [0.1, 0.15) is 322 Å². The third-order valence-corrected chi connectivity index (χ3v) is 12.7. The van der Waals surface area contributed by atoms with E-state index in [2.05, 4.69) is 57.2 Å². The number of carboxylic acids is 6. The van der Waals surface area contributed by atoms with Gasteiger partial charge in [0.15, 0.2) is 0 Å². The van der Waals surface area contributed by atoms with Crippen molar-refractivity contribution >= 4 is 35.8 Å². The van der Waals surface area contributed by atoms with Crippen LogP contribution in [0.5, 0.6) is 0 Å². The maximum Gasteiger partial charge on any atom is 0.336 e. The summed E-state index contributed by atoms with van der Waals surface area (Å²) in [4.78, 5) is 62.7. The van der Waals surface area contributed by atoms with Crippen molar-refractivity contribution < 1.29 is 59.4 Å². The average molecular weight is 1060 g/mol. The number of allylic oxidation sites excluding steroid dienone is 6. The van der Waals surface area contributed by atoms with Crippen molar-refractivity contribution in [1.82, 2.24) is 0 Å². The van der Waals surface area contributed by atoms with Gasteiger partial charge in [-0.25, -0.2) is 14.4 Å². The van der Waals surface area contributed by atoms with Gasteiger partial charge in [0.05, 0.1) is 16.7 Å². The number of aliphatic carboxylic acids is 3. The van der Waals surface area contributed by atoms with E-state index in [1.165, 1.54) is 212 Å². The van der Waals surface area contributed by atoms with Crippen molar-refractivity contribution in [3.63, 3.8) is 0 Å². The number of aromatic carboxylic acids is 3. The summed E-state index contributed by atoms with van der Waals surface area (Å²) in [5.74, 6) is -6.19. The summed E-state index contributed by atoms with van der Waals surface area (Å²) in [5, 5.41) is 51.4. The number of unbranched alkanes of at least 4 members (excludes halogenated alkanes) is 33. The molecule has 1 rings (SSSR count). The fourth-order valence-electron chi connectivity index (χ4n) is 8.08. The molecule has 0 radical (unpaired) electrons. The van der Waals surface area contributed by atoms with Gasteiger partial charge < -0.3 is 30.6 Å². The molecule has 0 fully saturated rings. The van der Waals surface area contributed by atoms with Gasteiger partial charge in [-0.15, -0.1) is 0 Å². The Bertz CT molecular complexity index is 1490. The Hall–Kier alpha value is -4.74. The van der Waals surface area contributed by atoms with Gasteiger partial charge in [0, 0.05) is 19.3 Å². The van der Waals surface area contributed by atoms with Crippen LogP contribution in [0.4, 0.5) is 0 Å². The number of hydrogen-bond acceptors (Lipinski definition) is 6. The Kier molecular flexibility index (Phi) is 59.7. The standard InChI is InChI=1S/3C18H34O2.C9H6O6/c3*1-2-3-4-5-6-7-8-9-10-11-12-13-14-15-16-17-18(19)20;10-7(11)4-1-2-5(8(12)13)6(3-4)9(14)15/h3*9-10H,2-8,11-17H2,1H3,(H,19,20);1-3H,(H,10,11)(H,12,13)(H,14,15)/b3*10-9-;. The first kappa shape index (κ1) is 74.5. The molecule has 0 saturated carbocycles. The molecule has 0 bridgehead atoms. The van der Waals surface area contributed by atoms with Gasteiger partial charge in [-0.2, -0.15) is 0 Å². The van der Waals surface area contributed by atoms with Crippen molar-refractivity contribution in [2.45, 2.75) is 290 Å². The largest absolute Gasteiger partial charge is 0.481 e. The predicted molar refractivity (Wildman–Crippen MR) is 309 cm³/mol. The molecule has 12 nitrogen and oxygen atoms in total. The number of rotatable bonds is 48. The molecule has 432 valence electrons. The quantitative estimate of drug-likeness (QED) is 0.0265. The fraction of sp³-hybridized carbons (Fsp3) is 0.714. The molecule has 0 unspecified atom stereocenters. The molecule has 0 heterocycles. The summed E-state index contributed by atoms with van der Waals surface area (Å²) in [6.07, 6.45) is 63.7. The van der Waals surface area contributed by atoms with Gasteiger partial charge in [-0.1, -0.05) is 211 Å². The molecule has 1 aromatic carbocycles. The third kappa shape index (κ3) is 61.7. The molecule has 0 aliphatic heterocycles. The molecule has 12 heteroatoms. The van der Waals surface area contributed by atoms with E-state index in [4.69, 9.17) is 30.6 Å². The Labute approximate surface area is 455 Å². The lowest BCUT2D eigenvalue weighted by Gasteiger charge is -2.02. The molecule has 1 aromatic rings. The Balaban J connectivity index is -0.000000926. The van der Waals surface area contributed by atoms with E-state index < -0.39 is 46.9 Å². The second-order valence-corrected chi connectivity index (χ2v) is 19.9. The molecule has 0 aliphatic rings. The number of carbonyl (C=O) groups is 6. The highest BCUT2D eigenvalue weighted by Gasteiger charge is 2.18. The van der Waals surface area contributed by atoms with Crippen LogP contribution < -0.4 is 0 Å². The minimum Gasteiger partial charge on any atom is -0.481 e. The van der Waals surface area contributed by atoms with Crippen LogP contribution in [0.15, 0.2) is 54.7 Å². The first-order chi connectivity index (χ1) is 36.2. The Morgan fingerprint density at radius 3 is 0.733 bits per heavy atom. The zero-order chi connectivity index (χ0) is 56.3. The van der Waals surface area contributed by atoms with E-state index in [0.29, 0.717) is 19.3 Å². The lowest BCUT2D eigenvalue weighted by atomic mass is 10.0. The predicted octanol–water partition coefficient (Wildman–Crippen LogP) is 19.1. The lowest BCUT2D eigenvalue weighted by molar-refractivity contribution is -0.138. The number of benzene rings is 1. The fourth-order valence-corrected chi connectivity index (χ4v) is 8.08. The number of hydrogen-bond donors (Lipinski definition) is 6. The van der Waals surface area contributed by atoms with Crippen molar-refractivity contribution in [2.24, 2.45) is 0 Å². The second kappa shape index (κ2) is 60.1. The van der Waals surface area contributed by atoms with Crippen LogP contribution >= 0.6 is 0 Å². The molecule has 0 amide bonds. The van der Waals surface area contributed by atoms with E-state index in [1.807, 2.05) is 0 Å². The van der Waals surface area contributed by atoms with Gasteiger partial charge in [-0.3, -0.25) is 14.4 Å². The van der Waals surface area contributed by atoms with Crippen molar-refractivity contribution in [3.05, 3.63) is 71.3 Å². The highest BCUT2D eigenvalue weighted by atomic mass is 16.4. The monoisotopic (exact) mass is 1060 g/mol. The summed E-state index contributed by atoms with van der Waals surface area (Å²) >= 11 is 0. The van der Waals surface area contributed by atoms with Crippen LogP contribution in [0.25, 0.3) is 0 Å². The van der Waals surface area contributed by atoms with Crippen LogP contribution in [0.2, 0.25) is 0 Å². The minimum atomic E-state index is -1.48. The molecule has 0 saturated heterocycles. The maximum absolute atomic E-state index is 10.6. The van der Waals surface area contributed by atoms with Crippen LogP contribution in [-0.4, -0.2) is 66.5 Å². The van der Waals surface area contributed by atoms with E-state index in [9.17, 15) is 28.8 Å². The van der Waals surface area contributed by atoms with Crippen LogP contribution in [-0.2, 0) is 14.4 Å². The summed E-state index contributed by atoms with van der Waals surface area (Å²) in [5.41, 5.74) is -1.24. The van der Waals surface area contributed by atoms with E-state index >= 15 is 0 Å². The van der Waals surface area contributed by atoms with Gasteiger partial charge in [0.2, 0.25) is 0 Å². The zero-order valence-corrected chi connectivity index (χ0v) is 47.5. The summed E-state index contributed by atoms with van der Waals surface area (Å²) < 4.78 is 0. The molecular formula is C63H108O12. The maximum atomic E-state index is 10.6. The molecule has 6 N–H and O–H groups in total. The van der Waals surface area contributed by atoms with Crippen LogP contribution in [0, 0.1) is 0 Å². The molecular weight excluding hydrogens is 949 g/mol. The van der Waals surface area contributed by atoms with Gasteiger partial charge in [0.25, 0.3) is 0 Å². The smallest absolute Gasteiger partial charge is 0.336 e. The molecule has 0 spiro atoms. The minimum absolute atomic E-state index is 0.266. The van der Waals surface area contributed by atoms with Gasteiger partial charge in [-0.05, 0) is 115 Å². The van der Waals surface area contributed by atoms with Crippen molar-refractivity contribution in [3.8, 4) is 0 Å². The number of carboxylic acid groups (broad SMARTS) is 6. The average Bonchev–Trinajstić information content (AvgIpc) is 3.37. The Morgan fingerprint density at radius 1 is 0.293 bits per heavy atom. The van der Waals surface area contributed by atoms with E-state index in [0.717, 1.165) is 56.7 Å². The topological polar surface area (TPSA) is 224 Å². The molecule has 75 heavy (non-hydrogen) atoms. The molecule has 0 aliphatic carbocycles. The third-order valence-electron chi connectivity index (χ3n) is 12.7. The highest BCUT2D eigenvalue weighted by molar-refractivity contribution is 6.03. The van der Waals surface area contributed by atoms with Crippen LogP contribution in [0.3, 0.4) is 0 Å². The normalized spacial score (nSPS) is 10.9. The molecule has 0 aromatic heterocycles. The van der Waals surface area contributed by atoms with Crippen molar-refractivity contribution in [2.75, 3.05) is 0 Å². The highest BCUT2D eigenvalue weighted by Crippen LogP contribution is 2.15. The van der Waals surface area contributed by atoms with E-state index in [-0.39, 0.29) is 5.56 Å². The first-order valence-electron chi connectivity index (χ1n) is 29.7. The van der Waals surface area contributed by atoms with Gasteiger partial charge >= 0.3 is 35.8 Å². The SMILES string of the molecule is CCCCCCCC/C=C\CCCCCCCC(=O)O.CCCCCCCC/C=C\CCCCCCCC(=O)O.CCCCCCCC/C=C\CCCCCCCC(=O)O.O=C(O)c1ccc(C(=O)O)c(C(=O)O)c1. The summed E-state index contributed by atoms with van der Waals surface area (Å²) in [6, 6.07) is 2.81. The lowest BCUT2D eigenvalue weighted by Crippen LogP contribution is -2.10. The first-order valence-corrected chi connectivity index (χ1v) is 29.7. The van der Waals surface area contributed by atoms with Gasteiger partial charge in [0.1, 0.15) is 0 Å². The summed E-state index contributed by atoms with van der Waals surface area (Å²) in [6.45, 7) is 6.78. The second-order valence-electron chi connectivity index (χ2n) is 19.9. The summed E-state index contributed by atoms with van der Waals surface area (Å²) in [7, 11) is 0. The van der Waals surface area contributed by atoms with E-state index in [1.54, 1.807) is 0 Å².